The Balaban J connectivity index is 1.79. The Morgan fingerprint density at radius 1 is 1.23 bits per heavy atom. The minimum absolute atomic E-state index is 0.0202. The smallest absolute Gasteiger partial charge is 0.265 e. The second-order valence-corrected chi connectivity index (χ2v) is 9.02. The number of carbonyl (C=O) groups is 1. The van der Waals surface area contributed by atoms with Crippen molar-refractivity contribution in [2.75, 3.05) is 23.0 Å². The lowest BCUT2D eigenvalue weighted by Crippen LogP contribution is -2.43. The molecule has 0 radical (unpaired) electrons. The van der Waals surface area contributed by atoms with E-state index in [0.29, 0.717) is 22.9 Å². The van der Waals surface area contributed by atoms with E-state index in [4.69, 9.17) is 16.3 Å². The molecular formula is C19H20ClNO4S. The van der Waals surface area contributed by atoms with Crippen LogP contribution >= 0.6 is 11.6 Å². The molecule has 1 heterocycles. The second kappa shape index (κ2) is 7.68. The molecule has 26 heavy (non-hydrogen) atoms. The number of hydrogen-bond acceptors (Lipinski definition) is 4. The van der Waals surface area contributed by atoms with Gasteiger partial charge in [0, 0.05) is 10.7 Å². The monoisotopic (exact) mass is 393 g/mol. The van der Waals surface area contributed by atoms with Crippen molar-refractivity contribution in [1.82, 2.24) is 0 Å². The molecule has 0 unspecified atom stereocenters. The summed E-state index contributed by atoms with van der Waals surface area (Å²) < 4.78 is 29.4. The number of carbonyl (C=O) groups excluding carboxylic acids is 1. The zero-order valence-corrected chi connectivity index (χ0v) is 16.0. The molecule has 0 spiro atoms. The summed E-state index contributed by atoms with van der Waals surface area (Å²) in [6, 6.07) is 13.9. The molecular weight excluding hydrogens is 374 g/mol. The number of amides is 1. The summed E-state index contributed by atoms with van der Waals surface area (Å²) in [4.78, 5) is 14.4. The van der Waals surface area contributed by atoms with Gasteiger partial charge in [-0.15, -0.1) is 0 Å². The zero-order valence-electron chi connectivity index (χ0n) is 14.4. The third-order valence-corrected chi connectivity index (χ3v) is 6.35. The number of aryl methyl sites for hydroxylation is 1. The fourth-order valence-electron chi connectivity index (χ4n) is 3.11. The molecule has 5 nitrogen and oxygen atoms in total. The van der Waals surface area contributed by atoms with Crippen LogP contribution in [-0.4, -0.2) is 38.5 Å². The Kier molecular flexibility index (Phi) is 5.53. The van der Waals surface area contributed by atoms with Crippen LogP contribution in [0.4, 0.5) is 5.69 Å². The van der Waals surface area contributed by atoms with Gasteiger partial charge in [0.15, 0.2) is 16.4 Å². The van der Waals surface area contributed by atoms with Gasteiger partial charge in [0.25, 0.3) is 5.91 Å². The molecule has 2 aromatic carbocycles. The first-order valence-corrected chi connectivity index (χ1v) is 10.5. The van der Waals surface area contributed by atoms with Crippen LogP contribution in [0.15, 0.2) is 48.5 Å². The first-order chi connectivity index (χ1) is 12.4. The van der Waals surface area contributed by atoms with Gasteiger partial charge >= 0.3 is 0 Å². The lowest BCUT2D eigenvalue weighted by atomic mass is 10.2. The molecule has 0 aromatic heterocycles. The van der Waals surface area contributed by atoms with Crippen molar-refractivity contribution in [2.24, 2.45) is 0 Å². The van der Waals surface area contributed by atoms with E-state index in [2.05, 4.69) is 0 Å². The van der Waals surface area contributed by atoms with Gasteiger partial charge in [0.1, 0.15) is 5.75 Å². The minimum atomic E-state index is -3.11. The topological polar surface area (TPSA) is 63.7 Å². The quantitative estimate of drug-likeness (QED) is 0.782. The maximum Gasteiger partial charge on any atom is 0.265 e. The van der Waals surface area contributed by atoms with Crippen molar-refractivity contribution in [1.29, 1.82) is 0 Å². The van der Waals surface area contributed by atoms with Gasteiger partial charge in [-0.2, -0.15) is 0 Å². The molecule has 138 valence electrons. The number of para-hydroxylation sites is 1. The van der Waals surface area contributed by atoms with Gasteiger partial charge in [-0.25, -0.2) is 8.42 Å². The number of anilines is 1. The number of hydrogen-bond donors (Lipinski definition) is 0. The van der Waals surface area contributed by atoms with Crippen molar-refractivity contribution in [3.8, 4) is 5.75 Å². The molecule has 0 N–H and O–H groups in total. The highest BCUT2D eigenvalue weighted by Crippen LogP contribution is 2.26. The highest BCUT2D eigenvalue weighted by Gasteiger charge is 2.35. The SMILES string of the molecule is Cc1cc(Cl)ccc1OCC(=O)N(c1ccccc1)[C@H]1CCS(=O)(=O)C1. The van der Waals surface area contributed by atoms with E-state index < -0.39 is 9.84 Å². The van der Waals surface area contributed by atoms with E-state index in [-0.39, 0.29) is 30.1 Å². The van der Waals surface area contributed by atoms with Crippen molar-refractivity contribution in [3.05, 3.63) is 59.1 Å². The number of rotatable bonds is 5. The summed E-state index contributed by atoms with van der Waals surface area (Å²) in [5.74, 6) is 0.390. The minimum Gasteiger partial charge on any atom is -0.483 e. The molecule has 1 aliphatic rings. The normalized spacial score (nSPS) is 18.5. The number of nitrogens with zero attached hydrogens (tertiary/aromatic N) is 1. The van der Waals surface area contributed by atoms with E-state index in [9.17, 15) is 13.2 Å². The Labute approximate surface area is 158 Å². The second-order valence-electron chi connectivity index (χ2n) is 6.35. The van der Waals surface area contributed by atoms with Crippen LogP contribution in [0.1, 0.15) is 12.0 Å². The number of ether oxygens (including phenoxy) is 1. The molecule has 0 bridgehead atoms. The highest BCUT2D eigenvalue weighted by molar-refractivity contribution is 7.91. The predicted octanol–water partition coefficient (Wildman–Crippen LogP) is 3.25. The maximum absolute atomic E-state index is 12.9. The Hall–Kier alpha value is -2.05. The lowest BCUT2D eigenvalue weighted by Gasteiger charge is -2.28. The predicted molar refractivity (Wildman–Crippen MR) is 103 cm³/mol. The summed E-state index contributed by atoms with van der Waals surface area (Å²) in [5.41, 5.74) is 1.51. The first-order valence-electron chi connectivity index (χ1n) is 8.32. The first kappa shape index (κ1) is 18.7. The largest absolute Gasteiger partial charge is 0.483 e. The molecule has 0 aliphatic carbocycles. The summed E-state index contributed by atoms with van der Waals surface area (Å²) in [7, 11) is -3.11. The van der Waals surface area contributed by atoms with Crippen LogP contribution in [0.2, 0.25) is 5.02 Å². The molecule has 2 aromatic rings. The molecule has 0 saturated carbocycles. The fourth-order valence-corrected chi connectivity index (χ4v) is 5.04. The average molecular weight is 394 g/mol. The number of sulfone groups is 1. The van der Waals surface area contributed by atoms with E-state index in [0.717, 1.165) is 5.56 Å². The van der Waals surface area contributed by atoms with Gasteiger partial charge in [-0.05, 0) is 49.2 Å². The highest BCUT2D eigenvalue weighted by atomic mass is 35.5. The van der Waals surface area contributed by atoms with Crippen molar-refractivity contribution < 1.29 is 17.9 Å². The summed E-state index contributed by atoms with van der Waals surface area (Å²) >= 11 is 5.94. The van der Waals surface area contributed by atoms with Crippen LogP contribution < -0.4 is 9.64 Å². The van der Waals surface area contributed by atoms with Crippen molar-refractivity contribution in [2.45, 2.75) is 19.4 Å². The maximum atomic E-state index is 12.9. The summed E-state index contributed by atoms with van der Waals surface area (Å²) in [6.07, 6.45) is 0.433. The van der Waals surface area contributed by atoms with Crippen molar-refractivity contribution >= 4 is 33.0 Å². The van der Waals surface area contributed by atoms with Crippen LogP contribution in [0.25, 0.3) is 0 Å². The number of halogens is 1. The standard InChI is InChI=1S/C19H20ClNO4S/c1-14-11-15(20)7-8-18(14)25-12-19(22)21(16-5-3-2-4-6-16)17-9-10-26(23,24)13-17/h2-8,11,17H,9-10,12-13H2,1H3/t17-/m0/s1. The molecule has 1 fully saturated rings. The fraction of sp³-hybridized carbons (Fsp3) is 0.316. The molecule has 1 saturated heterocycles. The zero-order chi connectivity index (χ0) is 18.7. The molecule has 3 rings (SSSR count). The summed E-state index contributed by atoms with van der Waals surface area (Å²) in [6.45, 7) is 1.68. The number of benzene rings is 2. The molecule has 1 amide bonds. The van der Waals surface area contributed by atoms with Crippen LogP contribution in [-0.2, 0) is 14.6 Å². The van der Waals surface area contributed by atoms with Gasteiger partial charge in [0.2, 0.25) is 0 Å². The van der Waals surface area contributed by atoms with E-state index in [1.54, 1.807) is 35.2 Å². The van der Waals surface area contributed by atoms with Crippen LogP contribution in [0.3, 0.4) is 0 Å². The molecule has 1 atom stereocenters. The lowest BCUT2D eigenvalue weighted by molar-refractivity contribution is -0.121. The Bertz CT molecular complexity index is 899. The van der Waals surface area contributed by atoms with Crippen molar-refractivity contribution in [3.63, 3.8) is 0 Å². The van der Waals surface area contributed by atoms with Crippen LogP contribution in [0, 0.1) is 6.92 Å². The van der Waals surface area contributed by atoms with Gasteiger partial charge in [-0.3, -0.25) is 4.79 Å². The van der Waals surface area contributed by atoms with Gasteiger partial charge < -0.3 is 9.64 Å². The third-order valence-electron chi connectivity index (χ3n) is 4.36. The molecule has 7 heteroatoms. The van der Waals surface area contributed by atoms with Crippen LogP contribution in [0.5, 0.6) is 5.75 Å². The van der Waals surface area contributed by atoms with E-state index >= 15 is 0 Å². The molecule has 1 aliphatic heterocycles. The Morgan fingerprint density at radius 3 is 2.58 bits per heavy atom. The van der Waals surface area contributed by atoms with Gasteiger partial charge in [-0.1, -0.05) is 29.8 Å². The average Bonchev–Trinajstić information content (AvgIpc) is 2.95. The van der Waals surface area contributed by atoms with E-state index in [1.165, 1.54) is 0 Å². The summed E-state index contributed by atoms with van der Waals surface area (Å²) in [5, 5.41) is 0.600. The Morgan fingerprint density at radius 2 is 1.96 bits per heavy atom. The van der Waals surface area contributed by atoms with E-state index in [1.807, 2.05) is 25.1 Å². The third kappa shape index (κ3) is 4.37. The van der Waals surface area contributed by atoms with Gasteiger partial charge in [0.05, 0.1) is 17.5 Å².